The van der Waals surface area contributed by atoms with Crippen molar-refractivity contribution in [2.45, 2.75) is 112 Å². The summed E-state index contributed by atoms with van der Waals surface area (Å²) in [5, 5.41) is 21.5. The van der Waals surface area contributed by atoms with Gasteiger partial charge in [0.1, 0.15) is 12.4 Å². The molecule has 38 heavy (non-hydrogen) atoms. The van der Waals surface area contributed by atoms with Crippen LogP contribution in [0.3, 0.4) is 0 Å². The summed E-state index contributed by atoms with van der Waals surface area (Å²) in [4.78, 5) is 25.0. The lowest BCUT2D eigenvalue weighted by Crippen LogP contribution is -2.67. The molecule has 0 amide bonds. The Morgan fingerprint density at radius 2 is 1.58 bits per heavy atom. The lowest BCUT2D eigenvalue weighted by molar-refractivity contribution is -0.252. The first kappa shape index (κ1) is 28.3. The molecule has 11 atom stereocenters. The first-order valence-electron chi connectivity index (χ1n) is 15.3. The van der Waals surface area contributed by atoms with Gasteiger partial charge in [0, 0.05) is 17.8 Å². The minimum atomic E-state index is -0.437. The van der Waals surface area contributed by atoms with Crippen LogP contribution in [-0.2, 0) is 14.3 Å². The number of rotatable bonds is 5. The fourth-order valence-corrected chi connectivity index (χ4v) is 12.0. The van der Waals surface area contributed by atoms with Crippen molar-refractivity contribution in [1.82, 2.24) is 0 Å². The van der Waals surface area contributed by atoms with Crippen LogP contribution >= 0.6 is 0 Å². The molecule has 5 rings (SSSR count). The van der Waals surface area contributed by atoms with Crippen LogP contribution in [0.4, 0.5) is 0 Å². The largest absolute Gasteiger partial charge is 0.461 e. The lowest BCUT2D eigenvalue weighted by atomic mass is 9.32. The molecule has 0 aromatic rings. The molecule has 5 aliphatic rings. The van der Waals surface area contributed by atoms with Crippen molar-refractivity contribution in [3.63, 3.8) is 0 Å². The summed E-state index contributed by atoms with van der Waals surface area (Å²) in [5.74, 6) is 1.86. The molecule has 214 valence electrons. The molecule has 5 aliphatic carbocycles. The van der Waals surface area contributed by atoms with E-state index in [1.807, 2.05) is 6.92 Å². The average molecular weight is 529 g/mol. The molecule has 0 spiro atoms. The van der Waals surface area contributed by atoms with Gasteiger partial charge in [0.25, 0.3) is 0 Å². The maximum absolute atomic E-state index is 13.4. The zero-order valence-electron chi connectivity index (χ0n) is 24.8. The first-order chi connectivity index (χ1) is 17.7. The highest BCUT2D eigenvalue weighted by Crippen LogP contribution is 2.77. The Morgan fingerprint density at radius 3 is 2.21 bits per heavy atom. The number of ketones is 1. The first-order valence-corrected chi connectivity index (χ1v) is 15.3. The van der Waals surface area contributed by atoms with Crippen molar-refractivity contribution in [1.29, 1.82) is 0 Å². The molecule has 0 aromatic carbocycles. The van der Waals surface area contributed by atoms with Crippen molar-refractivity contribution in [3.05, 3.63) is 12.2 Å². The number of aliphatic hydroxyl groups excluding tert-OH is 2. The molecule has 2 N–H and O–H groups in total. The number of Topliss-reactive ketones (excluding diaryl/α,β-unsaturated/α-hetero) is 1. The lowest BCUT2D eigenvalue weighted by Gasteiger charge is -2.73. The Balaban J connectivity index is 1.52. The molecule has 5 fully saturated rings. The summed E-state index contributed by atoms with van der Waals surface area (Å²) in [6.45, 7) is 17.7. The van der Waals surface area contributed by atoms with E-state index in [4.69, 9.17) is 4.74 Å². The van der Waals surface area contributed by atoms with Gasteiger partial charge in [-0.2, -0.15) is 0 Å². The number of esters is 1. The third-order valence-corrected chi connectivity index (χ3v) is 14.2. The quantitative estimate of drug-likeness (QED) is 0.332. The zero-order chi connectivity index (χ0) is 27.9. The van der Waals surface area contributed by atoms with E-state index in [1.54, 1.807) is 0 Å². The van der Waals surface area contributed by atoms with E-state index in [-0.39, 0.29) is 52.7 Å². The molecule has 5 heteroatoms. The number of aliphatic hydroxyl groups is 2. The maximum Gasteiger partial charge on any atom is 0.302 e. The Labute approximate surface area is 230 Å². The number of hydrogen-bond acceptors (Lipinski definition) is 5. The van der Waals surface area contributed by atoms with Crippen LogP contribution in [0.25, 0.3) is 0 Å². The van der Waals surface area contributed by atoms with Gasteiger partial charge >= 0.3 is 5.97 Å². The van der Waals surface area contributed by atoms with Gasteiger partial charge in [0.05, 0.1) is 12.7 Å². The zero-order valence-corrected chi connectivity index (χ0v) is 24.8. The minimum absolute atomic E-state index is 0.0487. The summed E-state index contributed by atoms with van der Waals surface area (Å²) in [6.07, 6.45) is 9.72. The van der Waals surface area contributed by atoms with Gasteiger partial charge in [0.2, 0.25) is 0 Å². The Hall–Kier alpha value is -1.20. The fraction of sp³-hybridized carbons (Fsp3) is 0.879. The highest BCUT2D eigenvalue weighted by Gasteiger charge is 2.71. The summed E-state index contributed by atoms with van der Waals surface area (Å²) in [6, 6.07) is 0. The monoisotopic (exact) mass is 528 g/mol. The number of ether oxygens (including phenoxy) is 1. The molecule has 0 aromatic heterocycles. The van der Waals surface area contributed by atoms with E-state index in [0.717, 1.165) is 69.8 Å². The average Bonchev–Trinajstić information content (AvgIpc) is 3.26. The highest BCUT2D eigenvalue weighted by atomic mass is 16.5. The van der Waals surface area contributed by atoms with Crippen LogP contribution in [0.1, 0.15) is 106 Å². The third-order valence-electron chi connectivity index (χ3n) is 14.2. The number of hydrogen-bond donors (Lipinski definition) is 2. The minimum Gasteiger partial charge on any atom is -0.461 e. The van der Waals surface area contributed by atoms with E-state index in [0.29, 0.717) is 23.5 Å². The Morgan fingerprint density at radius 1 is 0.868 bits per heavy atom. The Bertz CT molecular complexity index is 1010. The molecular weight excluding hydrogens is 476 g/mol. The topological polar surface area (TPSA) is 83.8 Å². The van der Waals surface area contributed by atoms with Gasteiger partial charge in [-0.25, -0.2) is 0 Å². The second-order valence-corrected chi connectivity index (χ2v) is 15.2. The highest BCUT2D eigenvalue weighted by molar-refractivity contribution is 5.83. The van der Waals surface area contributed by atoms with Gasteiger partial charge in [0.15, 0.2) is 0 Å². The van der Waals surface area contributed by atoms with Crippen LogP contribution < -0.4 is 0 Å². The van der Waals surface area contributed by atoms with Gasteiger partial charge < -0.3 is 14.9 Å². The summed E-state index contributed by atoms with van der Waals surface area (Å²) < 4.78 is 5.40. The number of fused-ring (bicyclic) bond motifs is 7. The normalized spacial score (nSPS) is 51.7. The number of carbonyl (C=O) groups excluding carboxylic acids is 2. The van der Waals surface area contributed by atoms with Crippen LogP contribution in [-0.4, -0.2) is 41.3 Å². The number of carbonyl (C=O) groups is 2. The molecule has 1 unspecified atom stereocenters. The van der Waals surface area contributed by atoms with E-state index in [1.165, 1.54) is 6.92 Å². The molecule has 5 nitrogen and oxygen atoms in total. The second-order valence-electron chi connectivity index (χ2n) is 15.2. The molecule has 0 bridgehead atoms. The van der Waals surface area contributed by atoms with E-state index >= 15 is 0 Å². The standard InChI is InChI=1S/C33H52O5/c1-20(18-38-22(3)36)23-10-15-33(21(2)35)17-16-31(6)24(28(23)33)8-9-26-29(4)13-12-27(37)30(5,19-34)25(29)11-14-32(26,31)7/h23-28,34,37H,1,8-19H2,2-7H3/t23-,24?,25+,26+,27-,28+,29-,30-,31+,32+,33+/m0/s1. The third kappa shape index (κ3) is 3.55. The van der Waals surface area contributed by atoms with Crippen LogP contribution in [0.5, 0.6) is 0 Å². The van der Waals surface area contributed by atoms with Crippen molar-refractivity contribution >= 4 is 11.8 Å². The molecule has 0 radical (unpaired) electrons. The smallest absolute Gasteiger partial charge is 0.302 e. The maximum atomic E-state index is 13.4. The predicted octanol–water partition coefficient (Wildman–Crippen LogP) is 6.11. The van der Waals surface area contributed by atoms with Gasteiger partial charge in [-0.15, -0.1) is 0 Å². The second kappa shape index (κ2) is 9.16. The summed E-state index contributed by atoms with van der Waals surface area (Å²) in [5.41, 5.74) is 0.633. The molecular formula is C33H52O5. The predicted molar refractivity (Wildman–Crippen MR) is 148 cm³/mol. The van der Waals surface area contributed by atoms with Crippen LogP contribution in [0, 0.1) is 56.7 Å². The van der Waals surface area contributed by atoms with E-state index in [9.17, 15) is 19.8 Å². The Kier molecular flexibility index (Phi) is 6.83. The van der Waals surface area contributed by atoms with Crippen molar-refractivity contribution in [2.24, 2.45) is 56.7 Å². The van der Waals surface area contributed by atoms with Crippen LogP contribution in [0.15, 0.2) is 12.2 Å². The molecule has 0 heterocycles. The van der Waals surface area contributed by atoms with Crippen molar-refractivity contribution in [3.8, 4) is 0 Å². The molecule has 0 saturated heterocycles. The van der Waals surface area contributed by atoms with Crippen LogP contribution in [0.2, 0.25) is 0 Å². The SMILES string of the molecule is C=C(COC(C)=O)[C@@H]1CC[C@]2(C(C)=O)CC[C@]3(C)C(CC[C@@H]4[C@@]5(C)CC[C@H](O)[C@@](C)(CO)[C@@H]5CC[C@]43C)[C@@H]12. The summed E-state index contributed by atoms with van der Waals surface area (Å²) >= 11 is 0. The van der Waals surface area contributed by atoms with Gasteiger partial charge in [-0.3, -0.25) is 9.59 Å². The molecule has 0 aliphatic heterocycles. The molecule has 5 saturated carbocycles. The van der Waals surface area contributed by atoms with Gasteiger partial charge in [-0.1, -0.05) is 34.3 Å². The van der Waals surface area contributed by atoms with E-state index in [2.05, 4.69) is 34.3 Å². The van der Waals surface area contributed by atoms with Crippen molar-refractivity contribution in [2.75, 3.05) is 13.2 Å². The van der Waals surface area contributed by atoms with Crippen molar-refractivity contribution < 1.29 is 24.5 Å². The fourth-order valence-electron chi connectivity index (χ4n) is 12.0. The van der Waals surface area contributed by atoms with Gasteiger partial charge in [-0.05, 0) is 123 Å². The van der Waals surface area contributed by atoms with E-state index < -0.39 is 11.5 Å². The summed E-state index contributed by atoms with van der Waals surface area (Å²) in [7, 11) is 0.